The first-order valence-corrected chi connectivity index (χ1v) is 11.7. The van der Waals surface area contributed by atoms with Crippen LogP contribution in [0.5, 0.6) is 23.0 Å². The Kier molecular flexibility index (Phi) is 5.94. The maximum Gasteiger partial charge on any atom is 0.338 e. The van der Waals surface area contributed by atoms with E-state index in [1.807, 2.05) is 54.6 Å². The molecule has 0 spiro atoms. The van der Waals surface area contributed by atoms with Crippen molar-refractivity contribution < 1.29 is 28.5 Å². The zero-order valence-corrected chi connectivity index (χ0v) is 20.6. The third-order valence-corrected chi connectivity index (χ3v) is 7.71. The van der Waals surface area contributed by atoms with Crippen molar-refractivity contribution in [1.82, 2.24) is 0 Å². The summed E-state index contributed by atoms with van der Waals surface area (Å²) < 4.78 is 27.0. The van der Waals surface area contributed by atoms with Gasteiger partial charge < -0.3 is 23.7 Å². The monoisotopic (exact) mass is 488 g/mol. The van der Waals surface area contributed by atoms with Crippen LogP contribution in [0.15, 0.2) is 65.8 Å². The molecule has 0 radical (unpaired) electrons. The highest BCUT2D eigenvalue weighted by molar-refractivity contribution is 8.01. The predicted octanol–water partition coefficient (Wildman–Crippen LogP) is 4.02. The van der Waals surface area contributed by atoms with Crippen LogP contribution in [0.4, 0.5) is 0 Å². The van der Waals surface area contributed by atoms with Crippen molar-refractivity contribution >= 4 is 29.9 Å². The molecule has 178 valence electrons. The largest absolute Gasteiger partial charge is 0.497 e. The van der Waals surface area contributed by atoms with Crippen molar-refractivity contribution in [3.63, 3.8) is 0 Å². The van der Waals surface area contributed by atoms with E-state index in [9.17, 15) is 4.79 Å². The topological polar surface area (TPSA) is 63.2 Å². The summed E-state index contributed by atoms with van der Waals surface area (Å²) in [6, 6.07) is 15.6. The van der Waals surface area contributed by atoms with Gasteiger partial charge in [0.1, 0.15) is 23.0 Å². The fourth-order valence-electron chi connectivity index (χ4n) is 4.48. The minimum Gasteiger partial charge on any atom is -0.497 e. The van der Waals surface area contributed by atoms with Crippen LogP contribution in [0.1, 0.15) is 21.5 Å². The van der Waals surface area contributed by atoms with Crippen LogP contribution in [0.2, 0.25) is 0 Å². The summed E-state index contributed by atoms with van der Waals surface area (Å²) in [5, 5.41) is 1.58. The molecule has 3 aromatic carbocycles. The molecular formula is C28H24O6S. The minimum absolute atomic E-state index is 0.415. The molecule has 0 N–H and O–H groups in total. The van der Waals surface area contributed by atoms with Gasteiger partial charge in [0, 0.05) is 16.8 Å². The maximum atomic E-state index is 12.6. The number of carbonyl (C=O) groups is 1. The summed E-state index contributed by atoms with van der Waals surface area (Å²) in [5.74, 6) is 2.37. The summed E-state index contributed by atoms with van der Waals surface area (Å²) in [6.45, 7) is 0. The van der Waals surface area contributed by atoms with Gasteiger partial charge in [0.05, 0.1) is 49.9 Å². The standard InChI is InChI=1S/C28H24O6S/c1-30-19-9-7-18(8-10-19)28(23-12-11-20(31-2)15-24(23)32-3)16-17-14-22(27(29)33-4)21-6-5-13-34-25(21)26(17)35-28/h5-16H,1-4H3. The third kappa shape index (κ3) is 3.72. The van der Waals surface area contributed by atoms with Crippen LogP contribution in [0.25, 0.3) is 12.2 Å². The number of methoxy groups -OCH3 is 4. The highest BCUT2D eigenvalue weighted by Gasteiger charge is 2.42. The highest BCUT2D eigenvalue weighted by atomic mass is 32.2. The molecule has 1 unspecified atom stereocenters. The molecule has 35 heavy (non-hydrogen) atoms. The van der Waals surface area contributed by atoms with E-state index < -0.39 is 10.7 Å². The Labute approximate surface area is 207 Å². The molecule has 0 saturated carbocycles. The van der Waals surface area contributed by atoms with E-state index in [0.717, 1.165) is 27.0 Å². The molecule has 2 aliphatic rings. The van der Waals surface area contributed by atoms with Crippen molar-refractivity contribution in [2.24, 2.45) is 0 Å². The lowest BCUT2D eigenvalue weighted by Crippen LogP contribution is -2.24. The van der Waals surface area contributed by atoms with E-state index in [1.54, 1.807) is 45.4 Å². The second-order valence-corrected chi connectivity index (χ2v) is 9.22. The SMILES string of the molecule is COC(=O)c1cc2c(c3c1=CC=CO3)SC(c1ccc(OC)cc1)(c1ccc(OC)cc1OC)C=2. The summed E-state index contributed by atoms with van der Waals surface area (Å²) in [5.41, 5.74) is 2.41. The molecule has 0 fully saturated rings. The van der Waals surface area contributed by atoms with Crippen LogP contribution in [0, 0.1) is 0 Å². The summed E-state index contributed by atoms with van der Waals surface area (Å²) >= 11 is 1.64. The molecule has 0 aromatic heterocycles. The minimum atomic E-state index is -0.667. The Bertz CT molecular complexity index is 1460. The number of fused-ring (bicyclic) bond motifs is 3. The van der Waals surface area contributed by atoms with Gasteiger partial charge in [-0.1, -0.05) is 18.2 Å². The van der Waals surface area contributed by atoms with Gasteiger partial charge >= 0.3 is 5.97 Å². The number of ether oxygens (including phenoxy) is 5. The second kappa shape index (κ2) is 9.07. The molecule has 0 bridgehead atoms. The van der Waals surface area contributed by atoms with Gasteiger partial charge in [-0.05, 0) is 53.3 Å². The zero-order chi connectivity index (χ0) is 24.6. The Morgan fingerprint density at radius 1 is 0.914 bits per heavy atom. The van der Waals surface area contributed by atoms with Crippen LogP contribution >= 0.6 is 11.8 Å². The van der Waals surface area contributed by atoms with Crippen LogP contribution < -0.4 is 29.4 Å². The molecule has 0 saturated heterocycles. The molecule has 2 heterocycles. The molecular weight excluding hydrogens is 464 g/mol. The van der Waals surface area contributed by atoms with Crippen molar-refractivity contribution in [3.8, 4) is 23.0 Å². The molecule has 1 atom stereocenters. The normalized spacial score (nSPS) is 17.3. The first kappa shape index (κ1) is 22.9. The number of hydrogen-bond donors (Lipinski definition) is 0. The fraction of sp³-hybridized carbons (Fsp3) is 0.179. The maximum absolute atomic E-state index is 12.6. The molecule has 0 aliphatic carbocycles. The Balaban J connectivity index is 1.80. The van der Waals surface area contributed by atoms with E-state index in [-0.39, 0.29) is 0 Å². The first-order chi connectivity index (χ1) is 17.0. The summed E-state index contributed by atoms with van der Waals surface area (Å²) in [6.07, 6.45) is 7.40. The van der Waals surface area contributed by atoms with Crippen LogP contribution in [-0.4, -0.2) is 34.4 Å². The van der Waals surface area contributed by atoms with Crippen LogP contribution in [0.3, 0.4) is 0 Å². The smallest absolute Gasteiger partial charge is 0.338 e. The quantitative estimate of drug-likeness (QED) is 0.486. The highest BCUT2D eigenvalue weighted by Crippen LogP contribution is 2.55. The summed E-state index contributed by atoms with van der Waals surface area (Å²) in [7, 11) is 6.30. The van der Waals surface area contributed by atoms with E-state index in [1.165, 1.54) is 7.11 Å². The molecule has 5 rings (SSSR count). The predicted molar refractivity (Wildman–Crippen MR) is 135 cm³/mol. The van der Waals surface area contributed by atoms with Gasteiger partial charge in [-0.25, -0.2) is 4.79 Å². The zero-order valence-electron chi connectivity index (χ0n) is 19.8. The lowest BCUT2D eigenvalue weighted by atomic mass is 9.88. The van der Waals surface area contributed by atoms with E-state index >= 15 is 0 Å². The molecule has 3 aromatic rings. The lowest BCUT2D eigenvalue weighted by Gasteiger charge is -2.30. The Morgan fingerprint density at radius 2 is 1.66 bits per heavy atom. The average molecular weight is 489 g/mol. The summed E-state index contributed by atoms with van der Waals surface area (Å²) in [4.78, 5) is 13.6. The molecule has 7 heteroatoms. The van der Waals surface area contributed by atoms with Gasteiger partial charge in [-0.2, -0.15) is 0 Å². The van der Waals surface area contributed by atoms with Crippen molar-refractivity contribution in [2.45, 2.75) is 9.64 Å². The number of rotatable bonds is 6. The van der Waals surface area contributed by atoms with E-state index in [0.29, 0.717) is 28.0 Å². The fourth-order valence-corrected chi connectivity index (χ4v) is 6.00. The first-order valence-electron chi connectivity index (χ1n) is 10.9. The number of hydrogen-bond acceptors (Lipinski definition) is 7. The Hall–Kier alpha value is -3.84. The number of benzene rings is 3. The van der Waals surface area contributed by atoms with Crippen molar-refractivity contribution in [2.75, 3.05) is 28.4 Å². The number of esters is 1. The van der Waals surface area contributed by atoms with Gasteiger partial charge in [-0.15, -0.1) is 11.8 Å². The van der Waals surface area contributed by atoms with E-state index in [2.05, 4.69) is 6.08 Å². The molecule has 6 nitrogen and oxygen atoms in total. The second-order valence-electron chi connectivity index (χ2n) is 7.97. The van der Waals surface area contributed by atoms with Gasteiger partial charge in [0.15, 0.2) is 0 Å². The Morgan fingerprint density at radius 3 is 2.34 bits per heavy atom. The van der Waals surface area contributed by atoms with Gasteiger partial charge in [0.2, 0.25) is 0 Å². The van der Waals surface area contributed by atoms with Gasteiger partial charge in [0.25, 0.3) is 0 Å². The van der Waals surface area contributed by atoms with Crippen LogP contribution in [-0.2, 0) is 9.48 Å². The van der Waals surface area contributed by atoms with Gasteiger partial charge in [-0.3, -0.25) is 0 Å². The average Bonchev–Trinajstić information content (AvgIpc) is 3.32. The van der Waals surface area contributed by atoms with Crippen molar-refractivity contribution in [1.29, 1.82) is 0 Å². The van der Waals surface area contributed by atoms with E-state index in [4.69, 9.17) is 23.7 Å². The number of allylic oxidation sites excluding steroid dienone is 1. The third-order valence-electron chi connectivity index (χ3n) is 6.19. The molecule has 0 amide bonds. The molecule has 2 aliphatic heterocycles. The number of thioether (sulfide) groups is 1. The lowest BCUT2D eigenvalue weighted by molar-refractivity contribution is 0.0598. The number of carbonyl (C=O) groups excluding carboxylic acids is 1. The van der Waals surface area contributed by atoms with Crippen molar-refractivity contribution in [3.05, 3.63) is 88.0 Å².